The van der Waals surface area contributed by atoms with E-state index in [0.29, 0.717) is 0 Å². The van der Waals surface area contributed by atoms with Crippen molar-refractivity contribution < 1.29 is 67.7 Å². The second kappa shape index (κ2) is 5.87. The summed E-state index contributed by atoms with van der Waals surface area (Å²) in [5, 5.41) is 18.1. The molecule has 0 amide bonds. The quantitative estimate of drug-likeness (QED) is 0.680. The van der Waals surface area contributed by atoms with Crippen molar-refractivity contribution in [2.75, 3.05) is 0 Å². The number of hydrogen-bond donors (Lipinski definition) is 2. The lowest BCUT2D eigenvalue weighted by atomic mass is 9.79. The van der Waals surface area contributed by atoms with Crippen molar-refractivity contribution in [2.45, 2.75) is 48.7 Å². The van der Waals surface area contributed by atoms with E-state index in [1.807, 2.05) is 0 Å². The number of halogens is 12. The molecule has 0 bridgehead atoms. The first-order chi connectivity index (χ1) is 11.1. The fourth-order valence-electron chi connectivity index (χ4n) is 2.80. The highest BCUT2D eigenvalue weighted by molar-refractivity contribution is 5.88. The molecule has 0 radical (unpaired) electrons. The van der Waals surface area contributed by atoms with Gasteiger partial charge in [-0.3, -0.25) is 4.79 Å². The van der Waals surface area contributed by atoms with Gasteiger partial charge in [-0.2, -0.15) is 52.7 Å². The lowest BCUT2D eigenvalue weighted by molar-refractivity contribution is -0.383. The lowest BCUT2D eigenvalue weighted by Gasteiger charge is -2.38. The molecule has 2 atom stereocenters. The Morgan fingerprint density at radius 3 is 0.923 bits per heavy atom. The molecule has 3 nitrogen and oxygen atoms in total. The molecule has 15 heteroatoms. The summed E-state index contributed by atoms with van der Waals surface area (Å²) in [5.41, 5.74) is -11.7. The van der Waals surface area contributed by atoms with Crippen LogP contribution in [-0.2, 0) is 4.79 Å². The average Bonchev–Trinajstić information content (AvgIpc) is 2.73. The molecule has 1 aliphatic carbocycles. The molecule has 0 spiro atoms. The highest BCUT2D eigenvalue weighted by atomic mass is 19.4. The predicted octanol–water partition coefficient (Wildman–Crippen LogP) is 3.29. The first-order valence-electron chi connectivity index (χ1n) is 6.39. The van der Waals surface area contributed by atoms with Crippen LogP contribution >= 0.6 is 0 Å². The van der Waals surface area contributed by atoms with Gasteiger partial charge in [-0.25, -0.2) is 0 Å². The molecule has 0 aromatic carbocycles. The van der Waals surface area contributed by atoms with Gasteiger partial charge in [0.2, 0.25) is 0 Å². The van der Waals surface area contributed by atoms with Crippen LogP contribution in [0.3, 0.4) is 0 Å². The number of aliphatic hydroxyl groups is 2. The summed E-state index contributed by atoms with van der Waals surface area (Å²) in [4.78, 5) is 11.7. The maximum absolute atomic E-state index is 12.7. The summed E-state index contributed by atoms with van der Waals surface area (Å²) >= 11 is 0. The Bertz CT molecular complexity index is 479. The molecule has 0 aromatic heterocycles. The van der Waals surface area contributed by atoms with E-state index < -0.39 is 66.4 Å². The lowest BCUT2D eigenvalue weighted by Crippen LogP contribution is -2.66. The van der Waals surface area contributed by atoms with E-state index >= 15 is 0 Å². The highest BCUT2D eigenvalue weighted by Gasteiger charge is 2.81. The smallest absolute Gasteiger partial charge is 0.373 e. The minimum atomic E-state index is -6.63. The van der Waals surface area contributed by atoms with Gasteiger partial charge in [0.15, 0.2) is 0 Å². The van der Waals surface area contributed by atoms with Crippen LogP contribution in [0.4, 0.5) is 52.7 Å². The summed E-state index contributed by atoms with van der Waals surface area (Å²) in [5.74, 6) is -10.3. The molecule has 1 aliphatic rings. The van der Waals surface area contributed by atoms with Gasteiger partial charge >= 0.3 is 24.7 Å². The third-order valence-electron chi connectivity index (χ3n) is 4.17. The zero-order valence-electron chi connectivity index (χ0n) is 11.9. The van der Waals surface area contributed by atoms with E-state index in [1.54, 1.807) is 0 Å². The molecular formula is C11H8F12O3. The van der Waals surface area contributed by atoms with Gasteiger partial charge in [-0.1, -0.05) is 0 Å². The molecule has 1 fully saturated rings. The highest BCUT2D eigenvalue weighted by Crippen LogP contribution is 2.57. The van der Waals surface area contributed by atoms with Gasteiger partial charge < -0.3 is 10.2 Å². The Kier molecular flexibility index (Phi) is 5.15. The minimum Gasteiger partial charge on any atom is -0.373 e. The van der Waals surface area contributed by atoms with Crippen LogP contribution in [0.5, 0.6) is 0 Å². The van der Waals surface area contributed by atoms with Crippen LogP contribution in [-0.4, -0.2) is 51.9 Å². The predicted molar refractivity (Wildman–Crippen MR) is 55.3 cm³/mol. The number of ketones is 1. The van der Waals surface area contributed by atoms with E-state index in [0.717, 1.165) is 0 Å². The van der Waals surface area contributed by atoms with E-state index in [9.17, 15) is 57.5 Å². The molecule has 0 unspecified atom stereocenters. The number of Topliss-reactive ketones (excluding diaryl/α,β-unsaturated/α-hetero) is 1. The Labute approximate surface area is 135 Å². The van der Waals surface area contributed by atoms with Crippen molar-refractivity contribution in [1.82, 2.24) is 0 Å². The standard InChI is InChI=1S/C11H8F12O3/c12-8(13,14)6(25,9(15,16)17)3-1-2-4(5(3)24)7(26,10(18,19)20)11(21,22)23/h3-4,25-26H,1-2H2/t3-,4-/m1/s1. The number of hydrogen-bond acceptors (Lipinski definition) is 3. The summed E-state index contributed by atoms with van der Waals surface area (Å²) < 4.78 is 152. The SMILES string of the molecule is O=C1[C@H](C(O)(C(F)(F)F)C(F)(F)F)CC[C@H]1C(O)(C(F)(F)F)C(F)(F)F. The molecule has 0 aromatic rings. The van der Waals surface area contributed by atoms with Crippen molar-refractivity contribution >= 4 is 5.78 Å². The van der Waals surface area contributed by atoms with Crippen molar-refractivity contribution in [1.29, 1.82) is 0 Å². The zero-order chi connectivity index (χ0) is 21.1. The molecule has 2 N–H and O–H groups in total. The van der Waals surface area contributed by atoms with Crippen molar-refractivity contribution in [3.8, 4) is 0 Å². The van der Waals surface area contributed by atoms with Crippen LogP contribution in [0.1, 0.15) is 12.8 Å². The fraction of sp³-hybridized carbons (Fsp3) is 0.909. The Balaban J connectivity index is 3.50. The van der Waals surface area contributed by atoms with E-state index in [4.69, 9.17) is 10.2 Å². The van der Waals surface area contributed by atoms with Gasteiger partial charge in [0.1, 0.15) is 5.78 Å². The maximum atomic E-state index is 12.7. The zero-order valence-corrected chi connectivity index (χ0v) is 11.9. The minimum absolute atomic E-state index is 1.81. The van der Waals surface area contributed by atoms with Gasteiger partial charge in [0.25, 0.3) is 11.2 Å². The van der Waals surface area contributed by atoms with Gasteiger partial charge in [-0.05, 0) is 12.8 Å². The van der Waals surface area contributed by atoms with E-state index in [-0.39, 0.29) is 0 Å². The number of alkyl halides is 12. The molecule has 154 valence electrons. The Morgan fingerprint density at radius 2 is 0.769 bits per heavy atom. The summed E-state index contributed by atoms with van der Waals surface area (Å²) in [6, 6.07) is 0. The normalized spacial score (nSPS) is 24.3. The fourth-order valence-corrected chi connectivity index (χ4v) is 2.80. The summed E-state index contributed by atoms with van der Waals surface area (Å²) in [6.07, 6.45) is -30.1. The molecule has 1 rings (SSSR count). The largest absolute Gasteiger partial charge is 0.427 e. The van der Waals surface area contributed by atoms with Gasteiger partial charge in [0.05, 0.1) is 11.8 Å². The van der Waals surface area contributed by atoms with Crippen LogP contribution in [0, 0.1) is 11.8 Å². The van der Waals surface area contributed by atoms with Crippen LogP contribution in [0.15, 0.2) is 0 Å². The third-order valence-corrected chi connectivity index (χ3v) is 4.17. The average molecular weight is 416 g/mol. The monoisotopic (exact) mass is 416 g/mol. The van der Waals surface area contributed by atoms with Gasteiger partial charge in [-0.15, -0.1) is 0 Å². The number of carbonyl (C=O) groups is 1. The van der Waals surface area contributed by atoms with Crippen molar-refractivity contribution in [3.05, 3.63) is 0 Å². The Hall–Kier alpha value is -1.25. The Morgan fingerprint density at radius 1 is 0.577 bits per heavy atom. The molecule has 0 heterocycles. The van der Waals surface area contributed by atoms with E-state index in [1.165, 1.54) is 0 Å². The second-order valence-corrected chi connectivity index (χ2v) is 5.61. The van der Waals surface area contributed by atoms with Crippen LogP contribution < -0.4 is 0 Å². The summed E-state index contributed by atoms with van der Waals surface area (Å²) in [6.45, 7) is 0. The second-order valence-electron chi connectivity index (χ2n) is 5.61. The third kappa shape index (κ3) is 3.01. The van der Waals surface area contributed by atoms with Crippen LogP contribution in [0.25, 0.3) is 0 Å². The van der Waals surface area contributed by atoms with Gasteiger partial charge in [0, 0.05) is 0 Å². The molecule has 1 saturated carbocycles. The molecular weight excluding hydrogens is 408 g/mol. The summed E-state index contributed by atoms with van der Waals surface area (Å²) in [7, 11) is 0. The maximum Gasteiger partial charge on any atom is 0.427 e. The molecule has 0 saturated heterocycles. The molecule has 26 heavy (non-hydrogen) atoms. The first-order valence-corrected chi connectivity index (χ1v) is 6.39. The number of rotatable bonds is 2. The van der Waals surface area contributed by atoms with E-state index in [2.05, 4.69) is 0 Å². The first kappa shape index (κ1) is 22.8. The topological polar surface area (TPSA) is 57.5 Å². The molecule has 0 aliphatic heterocycles. The van der Waals surface area contributed by atoms with Crippen molar-refractivity contribution in [2.24, 2.45) is 11.8 Å². The van der Waals surface area contributed by atoms with Crippen LogP contribution in [0.2, 0.25) is 0 Å². The van der Waals surface area contributed by atoms with Crippen molar-refractivity contribution in [3.63, 3.8) is 0 Å². The number of carbonyl (C=O) groups excluding carboxylic acids is 1.